The minimum Gasteiger partial charge on any atom is -0.304 e. The van der Waals surface area contributed by atoms with Crippen molar-refractivity contribution in [1.82, 2.24) is 15.4 Å². The van der Waals surface area contributed by atoms with Crippen LogP contribution in [-0.2, 0) is 6.54 Å². The highest BCUT2D eigenvalue weighted by Gasteiger charge is 2.19. The number of nitrogens with one attached hydrogen (secondary N) is 1. The molecule has 0 saturated heterocycles. The number of H-pyrrole nitrogens is 1. The van der Waals surface area contributed by atoms with Crippen molar-refractivity contribution in [2.75, 3.05) is 4.90 Å². The van der Waals surface area contributed by atoms with Crippen molar-refractivity contribution in [2.45, 2.75) is 13.5 Å². The number of nitrogens with zero attached hydrogens (tertiary/aromatic N) is 3. The van der Waals surface area contributed by atoms with E-state index in [1.165, 1.54) is 0 Å². The Morgan fingerprint density at radius 3 is 2.42 bits per heavy atom. The predicted octanol–water partition coefficient (Wildman–Crippen LogP) is 4.11. The van der Waals surface area contributed by atoms with Crippen LogP contribution in [0, 0.1) is 6.92 Å². The van der Waals surface area contributed by atoms with Gasteiger partial charge in [-0.25, -0.2) is 0 Å². The Bertz CT molecular complexity index is 1040. The minimum atomic E-state index is -0.0670. The molecular formula is C21H18N4O. The number of rotatable bonds is 4. The second kappa shape index (κ2) is 6.80. The lowest BCUT2D eigenvalue weighted by atomic mass is 10.1. The minimum absolute atomic E-state index is 0.0670. The highest BCUT2D eigenvalue weighted by molar-refractivity contribution is 6.07. The number of aromatic nitrogens is 3. The van der Waals surface area contributed by atoms with Gasteiger partial charge in [0.1, 0.15) is 11.0 Å². The van der Waals surface area contributed by atoms with Crippen molar-refractivity contribution < 1.29 is 4.79 Å². The molecule has 5 heteroatoms. The van der Waals surface area contributed by atoms with E-state index in [-0.39, 0.29) is 5.91 Å². The first-order valence-electron chi connectivity index (χ1n) is 8.44. The number of carbonyl (C=O) groups excluding carboxylic acids is 1. The van der Waals surface area contributed by atoms with Gasteiger partial charge in [0, 0.05) is 11.3 Å². The van der Waals surface area contributed by atoms with Gasteiger partial charge in [-0.15, -0.1) is 0 Å². The fourth-order valence-corrected chi connectivity index (χ4v) is 2.90. The number of aryl methyl sites for hydroxylation is 1. The zero-order valence-corrected chi connectivity index (χ0v) is 14.4. The molecule has 0 unspecified atom stereocenters. The number of hydrogen-bond acceptors (Lipinski definition) is 3. The van der Waals surface area contributed by atoms with E-state index in [0.717, 1.165) is 22.3 Å². The number of benzene rings is 3. The maximum Gasteiger partial charge on any atom is 0.258 e. The molecule has 4 rings (SSSR count). The van der Waals surface area contributed by atoms with Crippen LogP contribution < -0.4 is 4.90 Å². The van der Waals surface area contributed by atoms with E-state index in [4.69, 9.17) is 0 Å². The van der Waals surface area contributed by atoms with Crippen LogP contribution in [-0.4, -0.2) is 21.3 Å². The Morgan fingerprint density at radius 1 is 0.923 bits per heavy atom. The van der Waals surface area contributed by atoms with Crippen LogP contribution in [0.1, 0.15) is 21.5 Å². The van der Waals surface area contributed by atoms with Gasteiger partial charge in [0.25, 0.3) is 5.91 Å². The van der Waals surface area contributed by atoms with E-state index >= 15 is 0 Å². The maximum atomic E-state index is 13.3. The summed E-state index contributed by atoms with van der Waals surface area (Å²) in [6, 6.07) is 23.3. The number of aromatic amines is 1. The summed E-state index contributed by atoms with van der Waals surface area (Å²) in [5.74, 6) is -0.0670. The van der Waals surface area contributed by atoms with Crippen LogP contribution in [0.25, 0.3) is 11.0 Å². The third-order valence-corrected chi connectivity index (χ3v) is 4.34. The quantitative estimate of drug-likeness (QED) is 0.607. The molecule has 0 aliphatic heterocycles. The topological polar surface area (TPSA) is 61.9 Å². The van der Waals surface area contributed by atoms with E-state index in [9.17, 15) is 4.79 Å². The summed E-state index contributed by atoms with van der Waals surface area (Å²) in [6.07, 6.45) is 0. The fraction of sp³-hybridized carbons (Fsp3) is 0.0952. The van der Waals surface area contributed by atoms with Crippen LogP contribution in [0.2, 0.25) is 0 Å². The highest BCUT2D eigenvalue weighted by Crippen LogP contribution is 2.22. The average molecular weight is 342 g/mol. The molecular weight excluding hydrogens is 324 g/mol. The lowest BCUT2D eigenvalue weighted by Gasteiger charge is -2.23. The summed E-state index contributed by atoms with van der Waals surface area (Å²) >= 11 is 0. The molecule has 1 aromatic heterocycles. The standard InChI is InChI=1S/C21H18N4O/c1-15-7-10-18(11-8-15)25(14-16-5-3-2-4-6-16)21(26)17-9-12-19-20(13-17)23-24-22-19/h2-13H,14H2,1H3,(H,22,23,24). The number of anilines is 1. The fourth-order valence-electron chi connectivity index (χ4n) is 2.90. The van der Waals surface area contributed by atoms with Gasteiger partial charge < -0.3 is 4.90 Å². The summed E-state index contributed by atoms with van der Waals surface area (Å²) in [7, 11) is 0. The third kappa shape index (κ3) is 3.19. The molecule has 1 N–H and O–H groups in total. The van der Waals surface area contributed by atoms with Crippen LogP contribution in [0.15, 0.2) is 72.8 Å². The van der Waals surface area contributed by atoms with E-state index in [0.29, 0.717) is 17.6 Å². The van der Waals surface area contributed by atoms with Gasteiger partial charge >= 0.3 is 0 Å². The third-order valence-electron chi connectivity index (χ3n) is 4.34. The first-order chi connectivity index (χ1) is 12.7. The second-order valence-electron chi connectivity index (χ2n) is 6.24. The van der Waals surface area contributed by atoms with Crippen molar-refractivity contribution in [1.29, 1.82) is 0 Å². The summed E-state index contributed by atoms with van der Waals surface area (Å²) in [5.41, 5.74) is 5.10. The molecule has 0 atom stereocenters. The Morgan fingerprint density at radius 2 is 1.65 bits per heavy atom. The van der Waals surface area contributed by atoms with Crippen LogP contribution in [0.4, 0.5) is 5.69 Å². The number of amides is 1. The Kier molecular flexibility index (Phi) is 4.19. The van der Waals surface area contributed by atoms with E-state index in [1.54, 1.807) is 17.0 Å². The number of hydrogen-bond donors (Lipinski definition) is 1. The zero-order chi connectivity index (χ0) is 17.9. The Hall–Kier alpha value is -3.47. The monoisotopic (exact) mass is 342 g/mol. The lowest BCUT2D eigenvalue weighted by Crippen LogP contribution is -2.30. The zero-order valence-electron chi connectivity index (χ0n) is 14.4. The van der Waals surface area contributed by atoms with Gasteiger partial charge in [-0.3, -0.25) is 4.79 Å². The number of carbonyl (C=O) groups is 1. The Labute approximate surface area is 151 Å². The van der Waals surface area contributed by atoms with Crippen LogP contribution in [0.5, 0.6) is 0 Å². The number of fused-ring (bicyclic) bond motifs is 1. The van der Waals surface area contributed by atoms with E-state index < -0.39 is 0 Å². The van der Waals surface area contributed by atoms with Gasteiger partial charge in [0.15, 0.2) is 0 Å². The van der Waals surface area contributed by atoms with Gasteiger partial charge in [-0.2, -0.15) is 15.4 Å². The normalized spacial score (nSPS) is 10.8. The van der Waals surface area contributed by atoms with Crippen molar-refractivity contribution in [3.8, 4) is 0 Å². The van der Waals surface area contributed by atoms with Gasteiger partial charge in [0.05, 0.1) is 6.54 Å². The summed E-state index contributed by atoms with van der Waals surface area (Å²) in [4.78, 5) is 15.1. The van der Waals surface area contributed by atoms with E-state index in [2.05, 4.69) is 15.4 Å². The molecule has 3 aromatic carbocycles. The molecule has 0 fully saturated rings. The molecule has 0 saturated carbocycles. The molecule has 26 heavy (non-hydrogen) atoms. The summed E-state index contributed by atoms with van der Waals surface area (Å²) in [5, 5.41) is 10.7. The van der Waals surface area contributed by atoms with Gasteiger partial charge in [-0.05, 0) is 42.8 Å². The molecule has 1 amide bonds. The smallest absolute Gasteiger partial charge is 0.258 e. The summed E-state index contributed by atoms with van der Waals surface area (Å²) in [6.45, 7) is 2.53. The van der Waals surface area contributed by atoms with Crippen LogP contribution >= 0.6 is 0 Å². The molecule has 0 aliphatic carbocycles. The van der Waals surface area contributed by atoms with E-state index in [1.807, 2.05) is 67.6 Å². The van der Waals surface area contributed by atoms with Crippen LogP contribution in [0.3, 0.4) is 0 Å². The van der Waals surface area contributed by atoms with Crippen molar-refractivity contribution in [3.63, 3.8) is 0 Å². The first kappa shape index (κ1) is 16.0. The molecule has 0 radical (unpaired) electrons. The molecule has 0 aliphatic rings. The molecule has 5 nitrogen and oxygen atoms in total. The molecule has 128 valence electrons. The largest absolute Gasteiger partial charge is 0.304 e. The lowest BCUT2D eigenvalue weighted by molar-refractivity contribution is 0.0985. The molecule has 0 bridgehead atoms. The van der Waals surface area contributed by atoms with Gasteiger partial charge in [-0.1, -0.05) is 48.0 Å². The SMILES string of the molecule is Cc1ccc(N(Cc2ccccc2)C(=O)c2ccc3n[nH]nc3c2)cc1. The van der Waals surface area contributed by atoms with Crippen molar-refractivity contribution >= 4 is 22.6 Å². The first-order valence-corrected chi connectivity index (χ1v) is 8.44. The van der Waals surface area contributed by atoms with Gasteiger partial charge in [0.2, 0.25) is 0 Å². The molecule has 4 aromatic rings. The maximum absolute atomic E-state index is 13.3. The second-order valence-corrected chi connectivity index (χ2v) is 6.24. The highest BCUT2D eigenvalue weighted by atomic mass is 16.2. The van der Waals surface area contributed by atoms with Crippen molar-refractivity contribution in [2.24, 2.45) is 0 Å². The molecule has 1 heterocycles. The van der Waals surface area contributed by atoms with Crippen molar-refractivity contribution in [3.05, 3.63) is 89.5 Å². The average Bonchev–Trinajstić information content (AvgIpc) is 3.15. The summed E-state index contributed by atoms with van der Waals surface area (Å²) < 4.78 is 0. The molecule has 0 spiro atoms. The Balaban J connectivity index is 1.73. The predicted molar refractivity (Wildman–Crippen MR) is 102 cm³/mol.